The van der Waals surface area contributed by atoms with E-state index in [0.29, 0.717) is 12.0 Å². The number of unbranched alkanes of at least 4 members (excludes halogenated alkanes) is 3. The highest BCUT2D eigenvalue weighted by Gasteiger charge is 2.12. The van der Waals surface area contributed by atoms with E-state index in [1.54, 1.807) is 24.3 Å². The molecule has 0 aliphatic heterocycles. The summed E-state index contributed by atoms with van der Waals surface area (Å²) in [5, 5.41) is 10.1. The molecule has 0 amide bonds. The molecule has 106 valence electrons. The fourth-order valence-corrected chi connectivity index (χ4v) is 2.60. The third kappa shape index (κ3) is 5.57. The molecule has 4 heteroatoms. The number of rotatable bonds is 8. The average molecular weight is 282 g/mol. The molecule has 0 saturated carbocycles. The lowest BCUT2D eigenvalue weighted by molar-refractivity contribution is 0.163. The van der Waals surface area contributed by atoms with Gasteiger partial charge >= 0.3 is 0 Å². The van der Waals surface area contributed by atoms with Crippen molar-refractivity contribution in [2.75, 3.05) is 6.26 Å². The highest BCUT2D eigenvalue weighted by molar-refractivity contribution is 7.90. The van der Waals surface area contributed by atoms with E-state index in [4.69, 9.17) is 0 Å². The molecule has 19 heavy (non-hydrogen) atoms. The van der Waals surface area contributed by atoms with Crippen molar-refractivity contribution in [1.82, 2.24) is 0 Å². The van der Waals surface area contributed by atoms with Crippen molar-refractivity contribution < 1.29 is 13.5 Å². The van der Waals surface area contributed by atoms with Crippen LogP contribution < -0.4 is 0 Å². The van der Waals surface area contributed by atoms with Crippen LogP contribution in [-0.4, -0.2) is 19.8 Å². The van der Waals surface area contributed by atoms with Crippen LogP contribution in [0.3, 0.4) is 0 Å². The fraction of sp³-hybridized carbons (Fsp3) is 0.467. The summed E-state index contributed by atoms with van der Waals surface area (Å²) in [4.78, 5) is 0.260. The predicted octanol–water partition coefficient (Wildman–Crippen LogP) is 3.26. The Kier molecular flexibility index (Phi) is 6.25. The van der Waals surface area contributed by atoms with Gasteiger partial charge in [-0.05, 0) is 37.0 Å². The number of aliphatic hydroxyl groups excluding tert-OH is 1. The summed E-state index contributed by atoms with van der Waals surface area (Å²) >= 11 is 0. The Morgan fingerprint density at radius 1 is 1.32 bits per heavy atom. The van der Waals surface area contributed by atoms with Crippen molar-refractivity contribution in [3.63, 3.8) is 0 Å². The average Bonchev–Trinajstić information content (AvgIpc) is 2.37. The second-order valence-electron chi connectivity index (χ2n) is 4.79. The van der Waals surface area contributed by atoms with Gasteiger partial charge in [-0.25, -0.2) is 8.42 Å². The molecule has 1 N–H and O–H groups in total. The monoisotopic (exact) mass is 282 g/mol. The van der Waals surface area contributed by atoms with E-state index < -0.39 is 15.9 Å². The zero-order valence-electron chi connectivity index (χ0n) is 11.4. The van der Waals surface area contributed by atoms with Gasteiger partial charge in [-0.3, -0.25) is 0 Å². The molecule has 0 saturated heterocycles. The molecule has 1 atom stereocenters. The summed E-state index contributed by atoms with van der Waals surface area (Å²) in [7, 11) is -3.21. The molecular formula is C15H22O3S. The van der Waals surface area contributed by atoms with Gasteiger partial charge in [-0.1, -0.05) is 31.1 Å². The molecule has 0 fully saturated rings. The Morgan fingerprint density at radius 3 is 2.68 bits per heavy atom. The molecule has 0 aliphatic carbocycles. The summed E-state index contributed by atoms with van der Waals surface area (Å²) in [6.07, 6.45) is 7.20. The van der Waals surface area contributed by atoms with E-state index in [0.717, 1.165) is 25.7 Å². The first-order valence-corrected chi connectivity index (χ1v) is 8.43. The van der Waals surface area contributed by atoms with Crippen molar-refractivity contribution in [3.8, 4) is 0 Å². The van der Waals surface area contributed by atoms with Crippen molar-refractivity contribution in [2.24, 2.45) is 0 Å². The summed E-state index contributed by atoms with van der Waals surface area (Å²) in [6.45, 7) is 3.67. The minimum atomic E-state index is -3.21. The van der Waals surface area contributed by atoms with Gasteiger partial charge in [-0.2, -0.15) is 0 Å². The van der Waals surface area contributed by atoms with Crippen molar-refractivity contribution in [2.45, 2.75) is 43.1 Å². The van der Waals surface area contributed by atoms with E-state index in [2.05, 4.69) is 6.58 Å². The summed E-state index contributed by atoms with van der Waals surface area (Å²) in [5.74, 6) is 0. The number of sulfone groups is 1. The minimum absolute atomic E-state index is 0.260. The normalized spacial score (nSPS) is 13.2. The van der Waals surface area contributed by atoms with Crippen LogP contribution in [0.1, 0.15) is 43.8 Å². The number of hydrogen-bond donors (Lipinski definition) is 1. The fourth-order valence-electron chi connectivity index (χ4n) is 1.92. The van der Waals surface area contributed by atoms with Crippen LogP contribution in [0, 0.1) is 0 Å². The van der Waals surface area contributed by atoms with Crippen LogP contribution in [0.5, 0.6) is 0 Å². The molecule has 1 aromatic rings. The van der Waals surface area contributed by atoms with Crippen molar-refractivity contribution >= 4 is 9.84 Å². The Labute approximate surface area is 115 Å². The third-order valence-corrected chi connectivity index (χ3v) is 4.17. The zero-order chi connectivity index (χ0) is 14.3. The molecule has 0 heterocycles. The molecule has 0 aliphatic rings. The van der Waals surface area contributed by atoms with Gasteiger partial charge in [0.2, 0.25) is 0 Å². The van der Waals surface area contributed by atoms with Crippen molar-refractivity contribution in [1.29, 1.82) is 0 Å². The first kappa shape index (κ1) is 15.9. The first-order chi connectivity index (χ1) is 8.95. The van der Waals surface area contributed by atoms with Gasteiger partial charge in [0.25, 0.3) is 0 Å². The van der Waals surface area contributed by atoms with Gasteiger partial charge in [0.05, 0.1) is 11.0 Å². The quantitative estimate of drug-likeness (QED) is 0.588. The van der Waals surface area contributed by atoms with Gasteiger partial charge in [0, 0.05) is 6.26 Å². The topological polar surface area (TPSA) is 54.4 Å². The SMILES string of the molecule is C=CCCCCCC(O)c1cccc(S(C)(=O)=O)c1. The molecule has 1 unspecified atom stereocenters. The maximum Gasteiger partial charge on any atom is 0.175 e. The molecule has 0 aromatic heterocycles. The van der Waals surface area contributed by atoms with E-state index in [1.165, 1.54) is 6.26 Å². The number of allylic oxidation sites excluding steroid dienone is 1. The van der Waals surface area contributed by atoms with Gasteiger partial charge in [0.1, 0.15) is 0 Å². The Morgan fingerprint density at radius 2 is 2.05 bits per heavy atom. The molecular weight excluding hydrogens is 260 g/mol. The van der Waals surface area contributed by atoms with Crippen LogP contribution in [0.4, 0.5) is 0 Å². The van der Waals surface area contributed by atoms with E-state index in [9.17, 15) is 13.5 Å². The zero-order valence-corrected chi connectivity index (χ0v) is 12.2. The largest absolute Gasteiger partial charge is 0.388 e. The van der Waals surface area contributed by atoms with Crippen LogP contribution in [0.15, 0.2) is 41.8 Å². The molecule has 3 nitrogen and oxygen atoms in total. The van der Waals surface area contributed by atoms with Crippen molar-refractivity contribution in [3.05, 3.63) is 42.5 Å². The summed E-state index contributed by atoms with van der Waals surface area (Å²) in [6, 6.07) is 6.55. The molecule has 0 radical (unpaired) electrons. The Bertz CT molecular complexity index is 506. The molecule has 0 spiro atoms. The second-order valence-corrected chi connectivity index (χ2v) is 6.80. The highest BCUT2D eigenvalue weighted by Crippen LogP contribution is 2.22. The van der Waals surface area contributed by atoms with Crippen LogP contribution >= 0.6 is 0 Å². The standard InChI is InChI=1S/C15H22O3S/c1-3-4-5-6-7-11-15(16)13-9-8-10-14(12-13)19(2,17)18/h3,8-10,12,15-16H,1,4-7,11H2,2H3. The van der Waals surface area contributed by atoms with E-state index in [1.807, 2.05) is 6.08 Å². The van der Waals surface area contributed by atoms with Crippen LogP contribution in [0.25, 0.3) is 0 Å². The number of benzene rings is 1. The molecule has 0 bridgehead atoms. The van der Waals surface area contributed by atoms with Gasteiger partial charge in [-0.15, -0.1) is 6.58 Å². The van der Waals surface area contributed by atoms with Gasteiger partial charge in [0.15, 0.2) is 9.84 Å². The van der Waals surface area contributed by atoms with E-state index >= 15 is 0 Å². The lowest BCUT2D eigenvalue weighted by atomic mass is 10.0. The summed E-state index contributed by atoms with van der Waals surface area (Å²) in [5.41, 5.74) is 0.673. The number of aliphatic hydroxyl groups is 1. The highest BCUT2D eigenvalue weighted by atomic mass is 32.2. The van der Waals surface area contributed by atoms with Crippen LogP contribution in [0.2, 0.25) is 0 Å². The smallest absolute Gasteiger partial charge is 0.175 e. The third-order valence-electron chi connectivity index (χ3n) is 3.06. The maximum absolute atomic E-state index is 11.4. The second kappa shape index (κ2) is 7.46. The van der Waals surface area contributed by atoms with Crippen LogP contribution in [-0.2, 0) is 9.84 Å². The number of hydrogen-bond acceptors (Lipinski definition) is 3. The molecule has 1 rings (SSSR count). The maximum atomic E-state index is 11.4. The lowest BCUT2D eigenvalue weighted by Gasteiger charge is -2.11. The Hall–Kier alpha value is -1.13. The Balaban J connectivity index is 2.57. The van der Waals surface area contributed by atoms with Gasteiger partial charge < -0.3 is 5.11 Å². The first-order valence-electron chi connectivity index (χ1n) is 6.54. The minimum Gasteiger partial charge on any atom is -0.388 e. The lowest BCUT2D eigenvalue weighted by Crippen LogP contribution is -2.02. The molecule has 1 aromatic carbocycles. The predicted molar refractivity (Wildman–Crippen MR) is 77.8 cm³/mol. The summed E-state index contributed by atoms with van der Waals surface area (Å²) < 4.78 is 22.9. The van der Waals surface area contributed by atoms with E-state index in [-0.39, 0.29) is 4.90 Å².